The SMILES string of the molecule is C[N+](C)(C)c1ccc(C2=NN(c3ccccc3)C(=O)N(c3ccccc3)N2)cc1. The predicted octanol–water partition coefficient (Wildman–Crippen LogP) is 4.20. The second kappa shape index (κ2) is 7.41. The minimum absolute atomic E-state index is 0.269. The zero-order valence-corrected chi connectivity index (χ0v) is 16.8. The highest BCUT2D eigenvalue weighted by Gasteiger charge is 2.30. The van der Waals surface area contributed by atoms with Crippen molar-refractivity contribution < 1.29 is 4.79 Å². The van der Waals surface area contributed by atoms with Gasteiger partial charge in [-0.25, -0.2) is 9.80 Å². The molecule has 3 aromatic carbocycles. The molecule has 0 saturated heterocycles. The fraction of sp³-hybridized carbons (Fsp3) is 0.130. The molecule has 6 heteroatoms. The smallest absolute Gasteiger partial charge is 0.298 e. The Morgan fingerprint density at radius 1 is 0.759 bits per heavy atom. The highest BCUT2D eigenvalue weighted by molar-refractivity contribution is 6.13. The van der Waals surface area contributed by atoms with Gasteiger partial charge in [0.15, 0.2) is 5.84 Å². The van der Waals surface area contributed by atoms with E-state index < -0.39 is 0 Å². The van der Waals surface area contributed by atoms with Crippen molar-refractivity contribution in [3.63, 3.8) is 0 Å². The van der Waals surface area contributed by atoms with Crippen LogP contribution in [0, 0.1) is 0 Å². The van der Waals surface area contributed by atoms with Crippen LogP contribution in [0.15, 0.2) is 90.0 Å². The number of hydrazone groups is 1. The van der Waals surface area contributed by atoms with Gasteiger partial charge in [0.25, 0.3) is 0 Å². The van der Waals surface area contributed by atoms with E-state index in [-0.39, 0.29) is 6.03 Å². The van der Waals surface area contributed by atoms with Crippen molar-refractivity contribution in [2.75, 3.05) is 31.2 Å². The zero-order valence-electron chi connectivity index (χ0n) is 16.8. The number of hydrazine groups is 1. The first-order chi connectivity index (χ1) is 13.9. The topological polar surface area (TPSA) is 47.9 Å². The lowest BCUT2D eigenvalue weighted by atomic mass is 10.1. The van der Waals surface area contributed by atoms with Crippen LogP contribution in [0.5, 0.6) is 0 Å². The summed E-state index contributed by atoms with van der Waals surface area (Å²) in [5.74, 6) is 0.602. The van der Waals surface area contributed by atoms with Gasteiger partial charge >= 0.3 is 6.03 Å². The van der Waals surface area contributed by atoms with E-state index in [1.807, 2.05) is 72.8 Å². The maximum atomic E-state index is 13.2. The van der Waals surface area contributed by atoms with E-state index in [0.717, 1.165) is 15.7 Å². The Balaban J connectivity index is 1.76. The average molecular weight is 386 g/mol. The number of amides is 2. The first-order valence-corrected chi connectivity index (χ1v) is 9.45. The first kappa shape index (κ1) is 18.7. The van der Waals surface area contributed by atoms with E-state index in [0.29, 0.717) is 11.5 Å². The van der Waals surface area contributed by atoms with Crippen molar-refractivity contribution in [1.29, 1.82) is 0 Å². The van der Waals surface area contributed by atoms with Gasteiger partial charge in [-0.1, -0.05) is 36.4 Å². The number of nitrogens with one attached hydrogen (secondary N) is 1. The molecular weight excluding hydrogens is 362 g/mol. The Labute approximate surface area is 170 Å². The lowest BCUT2D eigenvalue weighted by Gasteiger charge is -2.34. The van der Waals surface area contributed by atoms with Crippen LogP contribution in [0.1, 0.15) is 5.56 Å². The third kappa shape index (κ3) is 3.83. The van der Waals surface area contributed by atoms with Crippen LogP contribution in [-0.2, 0) is 0 Å². The van der Waals surface area contributed by atoms with Crippen LogP contribution >= 0.6 is 0 Å². The third-order valence-electron chi connectivity index (χ3n) is 4.72. The summed E-state index contributed by atoms with van der Waals surface area (Å²) >= 11 is 0. The predicted molar refractivity (Wildman–Crippen MR) is 119 cm³/mol. The molecular formula is C23H24N5O+. The van der Waals surface area contributed by atoms with E-state index in [4.69, 9.17) is 0 Å². The maximum Gasteiger partial charge on any atom is 0.368 e. The van der Waals surface area contributed by atoms with Crippen molar-refractivity contribution in [3.8, 4) is 0 Å². The lowest BCUT2D eigenvalue weighted by Crippen LogP contribution is -2.56. The quantitative estimate of drug-likeness (QED) is 0.684. The van der Waals surface area contributed by atoms with Crippen LogP contribution in [0.25, 0.3) is 0 Å². The number of nitrogens with zero attached hydrogens (tertiary/aromatic N) is 4. The molecule has 1 aliphatic rings. The summed E-state index contributed by atoms with van der Waals surface area (Å²) in [4.78, 5) is 13.2. The Kier molecular flexibility index (Phi) is 4.78. The molecule has 0 spiro atoms. The van der Waals surface area contributed by atoms with Gasteiger partial charge in [-0.05, 0) is 48.5 Å². The minimum Gasteiger partial charge on any atom is -0.298 e. The first-order valence-electron chi connectivity index (χ1n) is 9.45. The normalized spacial score (nSPS) is 14.4. The monoisotopic (exact) mass is 386 g/mol. The maximum absolute atomic E-state index is 13.2. The number of hydrogen-bond acceptors (Lipinski definition) is 3. The van der Waals surface area contributed by atoms with Crippen LogP contribution in [0.4, 0.5) is 21.9 Å². The largest absolute Gasteiger partial charge is 0.368 e. The molecule has 0 saturated carbocycles. The highest BCUT2D eigenvalue weighted by atomic mass is 16.2. The number of urea groups is 1. The molecule has 1 N–H and O–H groups in total. The van der Waals surface area contributed by atoms with Crippen LogP contribution in [-0.4, -0.2) is 33.0 Å². The van der Waals surface area contributed by atoms with Crippen molar-refractivity contribution in [3.05, 3.63) is 90.5 Å². The van der Waals surface area contributed by atoms with E-state index in [9.17, 15) is 4.79 Å². The number of benzene rings is 3. The molecule has 4 rings (SSSR count). The summed E-state index contributed by atoms with van der Waals surface area (Å²) in [6, 6.07) is 26.9. The van der Waals surface area contributed by atoms with E-state index >= 15 is 0 Å². The second-order valence-corrected chi connectivity index (χ2v) is 7.72. The number of carbonyl (C=O) groups excluding carboxylic acids is 1. The van der Waals surface area contributed by atoms with Gasteiger partial charge in [0.05, 0.1) is 32.5 Å². The second-order valence-electron chi connectivity index (χ2n) is 7.72. The summed E-state index contributed by atoms with van der Waals surface area (Å²) in [6.07, 6.45) is 0. The van der Waals surface area contributed by atoms with Crippen molar-refractivity contribution in [2.24, 2.45) is 5.10 Å². The van der Waals surface area contributed by atoms with Crippen molar-refractivity contribution in [1.82, 2.24) is 9.91 Å². The Morgan fingerprint density at radius 3 is 1.86 bits per heavy atom. The van der Waals surface area contributed by atoms with Crippen LogP contribution < -0.4 is 19.9 Å². The molecule has 0 radical (unpaired) electrons. The van der Waals surface area contributed by atoms with Gasteiger partial charge in [0.1, 0.15) is 5.69 Å². The highest BCUT2D eigenvalue weighted by Crippen LogP contribution is 2.24. The lowest BCUT2D eigenvalue weighted by molar-refractivity contribution is 0.249. The number of quaternary nitrogens is 1. The average Bonchev–Trinajstić information content (AvgIpc) is 2.75. The van der Waals surface area contributed by atoms with E-state index in [1.165, 1.54) is 15.7 Å². The van der Waals surface area contributed by atoms with E-state index in [2.05, 4.69) is 43.8 Å². The number of amidine groups is 1. The summed E-state index contributed by atoms with van der Waals surface area (Å²) in [6.45, 7) is 0. The Morgan fingerprint density at radius 2 is 1.31 bits per heavy atom. The number of hydrogen-bond donors (Lipinski definition) is 1. The van der Waals surface area contributed by atoms with Gasteiger partial charge in [-0.3, -0.25) is 9.91 Å². The molecule has 0 fully saturated rings. The standard InChI is InChI=1S/C23H24N5O/c1-28(2,3)21-16-14-18(15-17-21)22-24-26(19-10-6-4-7-11-19)23(29)27(25-22)20-12-8-5-9-13-20/h4-17H,1-3H3,(H,24,25)/q+1. The fourth-order valence-electron chi connectivity index (χ4n) is 3.09. The molecule has 6 nitrogen and oxygen atoms in total. The molecule has 3 aromatic rings. The molecule has 0 unspecified atom stereocenters. The molecule has 0 atom stereocenters. The number of carbonyl (C=O) groups is 1. The van der Waals surface area contributed by atoms with Crippen LogP contribution in [0.2, 0.25) is 0 Å². The fourth-order valence-corrected chi connectivity index (χ4v) is 3.09. The zero-order chi connectivity index (χ0) is 20.4. The number of para-hydroxylation sites is 2. The Bertz CT molecular complexity index is 1020. The van der Waals surface area contributed by atoms with Gasteiger partial charge < -0.3 is 0 Å². The molecule has 1 aliphatic heterocycles. The van der Waals surface area contributed by atoms with Gasteiger partial charge in [-0.2, -0.15) is 5.01 Å². The molecule has 1 heterocycles. The van der Waals surface area contributed by atoms with E-state index in [1.54, 1.807) is 0 Å². The van der Waals surface area contributed by atoms with Crippen molar-refractivity contribution >= 4 is 28.9 Å². The van der Waals surface area contributed by atoms with Gasteiger partial charge in [-0.15, -0.1) is 5.10 Å². The Hall–Kier alpha value is -3.64. The number of anilines is 2. The van der Waals surface area contributed by atoms with Gasteiger partial charge in [0, 0.05) is 5.56 Å². The molecule has 2 amide bonds. The number of rotatable bonds is 4. The van der Waals surface area contributed by atoms with Crippen molar-refractivity contribution in [2.45, 2.75) is 0 Å². The molecule has 0 aromatic heterocycles. The summed E-state index contributed by atoms with van der Waals surface area (Å²) in [5, 5.41) is 7.55. The molecule has 0 bridgehead atoms. The molecule has 29 heavy (non-hydrogen) atoms. The molecule has 146 valence electrons. The van der Waals surface area contributed by atoms with Gasteiger partial charge in [0.2, 0.25) is 0 Å². The molecule has 0 aliphatic carbocycles. The summed E-state index contributed by atoms with van der Waals surface area (Å²) in [7, 11) is 6.37. The summed E-state index contributed by atoms with van der Waals surface area (Å²) < 4.78 is 0.727. The minimum atomic E-state index is -0.269. The summed E-state index contributed by atoms with van der Waals surface area (Å²) in [5.41, 5.74) is 6.71. The third-order valence-corrected chi connectivity index (χ3v) is 4.72. The van der Waals surface area contributed by atoms with Crippen LogP contribution in [0.3, 0.4) is 0 Å².